The maximum atomic E-state index is 12.8. The Hall–Kier alpha value is -3.40. The van der Waals surface area contributed by atoms with Gasteiger partial charge in [0.05, 0.1) is 23.5 Å². The minimum Gasteiger partial charge on any atom is -0.447 e. The molecule has 2 aromatic carbocycles. The Morgan fingerprint density at radius 3 is 2.53 bits per heavy atom. The van der Waals surface area contributed by atoms with Crippen LogP contribution in [0.5, 0.6) is 0 Å². The molecule has 0 atom stereocenters. The number of amides is 3. The van der Waals surface area contributed by atoms with Crippen molar-refractivity contribution in [2.24, 2.45) is 0 Å². The van der Waals surface area contributed by atoms with Gasteiger partial charge in [0.1, 0.15) is 11.5 Å². The van der Waals surface area contributed by atoms with Crippen molar-refractivity contribution in [1.29, 1.82) is 0 Å². The quantitative estimate of drug-likeness (QED) is 0.799. The van der Waals surface area contributed by atoms with Crippen LogP contribution in [0.4, 0.5) is 16.2 Å². The Bertz CT molecular complexity index is 1170. The van der Waals surface area contributed by atoms with E-state index in [4.69, 9.17) is 4.74 Å². The molecule has 0 aliphatic carbocycles. The number of hydrogen-bond acceptors (Lipinski definition) is 6. The highest BCUT2D eigenvalue weighted by Crippen LogP contribution is 2.33. The summed E-state index contributed by atoms with van der Waals surface area (Å²) < 4.78 is 31.3. The van der Waals surface area contributed by atoms with E-state index in [1.54, 1.807) is 38.1 Å². The number of nitrogens with one attached hydrogen (secondary N) is 1. The van der Waals surface area contributed by atoms with E-state index < -0.39 is 34.0 Å². The molecule has 0 bridgehead atoms. The van der Waals surface area contributed by atoms with Gasteiger partial charge in [0.15, 0.2) is 0 Å². The van der Waals surface area contributed by atoms with Gasteiger partial charge in [0.2, 0.25) is 0 Å². The third-order valence-corrected chi connectivity index (χ3v) is 6.88. The molecule has 10 heteroatoms. The van der Waals surface area contributed by atoms with Crippen molar-refractivity contribution in [1.82, 2.24) is 4.31 Å². The minimum atomic E-state index is -4.02. The molecule has 1 N–H and O–H groups in total. The average molecular weight is 429 g/mol. The van der Waals surface area contributed by atoms with Gasteiger partial charge < -0.3 is 10.1 Å². The summed E-state index contributed by atoms with van der Waals surface area (Å²) in [6.45, 7) is 3.82. The van der Waals surface area contributed by atoms with Crippen LogP contribution in [0.25, 0.3) is 0 Å². The third kappa shape index (κ3) is 3.09. The highest BCUT2D eigenvalue weighted by atomic mass is 32.2. The summed E-state index contributed by atoms with van der Waals surface area (Å²) in [5.74, 6) is -1.17. The zero-order chi connectivity index (χ0) is 21.6. The molecular weight excluding hydrogens is 410 g/mol. The monoisotopic (exact) mass is 429 g/mol. The van der Waals surface area contributed by atoms with E-state index in [1.807, 2.05) is 0 Å². The number of ether oxygens (including phenoxy) is 1. The smallest absolute Gasteiger partial charge is 0.414 e. The summed E-state index contributed by atoms with van der Waals surface area (Å²) in [7, 11) is -4.02. The lowest BCUT2D eigenvalue weighted by molar-refractivity contribution is 0.0846. The van der Waals surface area contributed by atoms with Gasteiger partial charge in [-0.1, -0.05) is 12.1 Å². The van der Waals surface area contributed by atoms with Crippen molar-refractivity contribution in [3.63, 3.8) is 0 Å². The fourth-order valence-electron chi connectivity index (χ4n) is 3.52. The van der Waals surface area contributed by atoms with Gasteiger partial charge in [-0.05, 0) is 44.2 Å². The second-order valence-electron chi connectivity index (χ2n) is 7.15. The minimum absolute atomic E-state index is 0.0421. The molecule has 9 nitrogen and oxygen atoms in total. The molecule has 156 valence electrons. The van der Waals surface area contributed by atoms with E-state index in [0.717, 1.165) is 4.31 Å². The number of hydrogen-bond donors (Lipinski definition) is 1. The lowest BCUT2D eigenvalue weighted by Gasteiger charge is -2.19. The van der Waals surface area contributed by atoms with Gasteiger partial charge in [0.25, 0.3) is 21.8 Å². The molecule has 0 unspecified atom stereocenters. The van der Waals surface area contributed by atoms with Crippen molar-refractivity contribution >= 4 is 39.3 Å². The molecule has 30 heavy (non-hydrogen) atoms. The average Bonchev–Trinajstić information content (AvgIpc) is 3.20. The van der Waals surface area contributed by atoms with E-state index >= 15 is 0 Å². The standard InChI is InChI=1S/C20H19N3O6S/c1-12(2)23-19(25)14-8-7-13(11-17(14)30(23,27)28)18(24)21-15-5-3-4-6-16(15)22-9-10-29-20(22)26/h3-8,11-12H,9-10H2,1-2H3,(H,21,24). The number of cyclic esters (lactones) is 1. The molecule has 2 aliphatic heterocycles. The lowest BCUT2D eigenvalue weighted by Crippen LogP contribution is -2.36. The number of anilines is 2. The van der Waals surface area contributed by atoms with E-state index in [-0.39, 0.29) is 22.6 Å². The fourth-order valence-corrected chi connectivity index (χ4v) is 5.31. The Balaban J connectivity index is 1.66. The summed E-state index contributed by atoms with van der Waals surface area (Å²) in [6, 6.07) is 10.1. The second kappa shape index (κ2) is 7.13. The van der Waals surface area contributed by atoms with Crippen molar-refractivity contribution < 1.29 is 27.5 Å². The van der Waals surface area contributed by atoms with Crippen molar-refractivity contribution in [2.45, 2.75) is 24.8 Å². The van der Waals surface area contributed by atoms with Crippen molar-refractivity contribution in [3.05, 3.63) is 53.6 Å². The largest absolute Gasteiger partial charge is 0.447 e. The predicted molar refractivity (Wildman–Crippen MR) is 108 cm³/mol. The van der Waals surface area contributed by atoms with Crippen LogP contribution in [0, 0.1) is 0 Å². The van der Waals surface area contributed by atoms with Crippen LogP contribution in [0.2, 0.25) is 0 Å². The molecule has 0 radical (unpaired) electrons. The maximum Gasteiger partial charge on any atom is 0.414 e. The van der Waals surface area contributed by atoms with Crippen molar-refractivity contribution in [3.8, 4) is 0 Å². The molecule has 2 aromatic rings. The van der Waals surface area contributed by atoms with E-state index in [9.17, 15) is 22.8 Å². The Labute approximate surface area is 173 Å². The first-order chi connectivity index (χ1) is 14.2. The molecule has 0 aromatic heterocycles. The van der Waals surface area contributed by atoms with E-state index in [2.05, 4.69) is 5.32 Å². The highest BCUT2D eigenvalue weighted by molar-refractivity contribution is 7.90. The van der Waals surface area contributed by atoms with Gasteiger partial charge >= 0.3 is 6.09 Å². The van der Waals surface area contributed by atoms with Crippen LogP contribution in [-0.2, 0) is 14.8 Å². The number of rotatable bonds is 4. The molecule has 0 saturated carbocycles. The van der Waals surface area contributed by atoms with Gasteiger partial charge in [-0.15, -0.1) is 0 Å². The van der Waals surface area contributed by atoms with Crippen LogP contribution in [0.15, 0.2) is 47.4 Å². The molecule has 3 amide bonds. The predicted octanol–water partition coefficient (Wildman–Crippen LogP) is 2.45. The fraction of sp³-hybridized carbons (Fsp3) is 0.250. The van der Waals surface area contributed by atoms with Crippen LogP contribution >= 0.6 is 0 Å². The summed E-state index contributed by atoms with van der Waals surface area (Å²) in [5, 5.41) is 2.71. The number of benzene rings is 2. The normalized spacial score (nSPS) is 17.3. The zero-order valence-electron chi connectivity index (χ0n) is 16.3. The lowest BCUT2D eigenvalue weighted by atomic mass is 10.1. The molecule has 2 heterocycles. The molecule has 2 aliphatic rings. The number of carbonyl (C=O) groups is 3. The van der Waals surface area contributed by atoms with E-state index in [1.165, 1.54) is 23.1 Å². The van der Waals surface area contributed by atoms with Gasteiger partial charge in [-0.3, -0.25) is 14.5 Å². The van der Waals surface area contributed by atoms with Crippen molar-refractivity contribution in [2.75, 3.05) is 23.4 Å². The SMILES string of the molecule is CC(C)N1C(=O)c2ccc(C(=O)Nc3ccccc3N3CCOC3=O)cc2S1(=O)=O. The Morgan fingerprint density at radius 2 is 1.87 bits per heavy atom. The van der Waals surface area contributed by atoms with Crippen LogP contribution < -0.4 is 10.2 Å². The molecule has 0 spiro atoms. The van der Waals surface area contributed by atoms with Crippen LogP contribution in [0.3, 0.4) is 0 Å². The topological polar surface area (TPSA) is 113 Å². The summed E-state index contributed by atoms with van der Waals surface area (Å²) in [4.78, 5) is 38.4. The molecular formula is C20H19N3O6S. The first-order valence-electron chi connectivity index (χ1n) is 9.29. The molecule has 4 rings (SSSR count). The molecule has 1 fully saturated rings. The Morgan fingerprint density at radius 1 is 1.13 bits per heavy atom. The second-order valence-corrected chi connectivity index (χ2v) is 8.93. The van der Waals surface area contributed by atoms with E-state index in [0.29, 0.717) is 17.9 Å². The first kappa shape index (κ1) is 19.9. The van der Waals surface area contributed by atoms with Crippen LogP contribution in [-0.4, -0.2) is 49.8 Å². The van der Waals surface area contributed by atoms with Gasteiger partial charge in [0, 0.05) is 11.6 Å². The summed E-state index contributed by atoms with van der Waals surface area (Å²) in [5.41, 5.74) is 0.975. The third-order valence-electron chi connectivity index (χ3n) is 4.88. The number of sulfonamides is 1. The first-order valence-corrected chi connectivity index (χ1v) is 10.7. The van der Waals surface area contributed by atoms with Gasteiger partial charge in [-0.2, -0.15) is 0 Å². The van der Waals surface area contributed by atoms with Crippen LogP contribution in [0.1, 0.15) is 34.6 Å². The number of para-hydroxylation sites is 2. The zero-order valence-corrected chi connectivity index (χ0v) is 17.1. The van der Waals surface area contributed by atoms with Gasteiger partial charge in [-0.25, -0.2) is 17.5 Å². The molecule has 1 saturated heterocycles. The summed E-state index contributed by atoms with van der Waals surface area (Å²) >= 11 is 0. The number of carbonyl (C=O) groups excluding carboxylic acids is 3. The number of nitrogens with zero attached hydrogens (tertiary/aromatic N) is 2. The Kier molecular flexibility index (Phi) is 4.73. The maximum absolute atomic E-state index is 12.8. The summed E-state index contributed by atoms with van der Waals surface area (Å²) in [6.07, 6.45) is -0.507. The number of fused-ring (bicyclic) bond motifs is 1. The highest BCUT2D eigenvalue weighted by Gasteiger charge is 2.43.